The van der Waals surface area contributed by atoms with Gasteiger partial charge in [-0.3, -0.25) is 0 Å². The van der Waals surface area contributed by atoms with Crippen molar-refractivity contribution >= 4 is 11.3 Å². The van der Waals surface area contributed by atoms with E-state index in [-0.39, 0.29) is 5.82 Å². The molecule has 1 aromatic carbocycles. The molecule has 0 fully saturated rings. The van der Waals surface area contributed by atoms with Crippen LogP contribution < -0.4 is 10.5 Å². The third kappa shape index (κ3) is 3.54. The summed E-state index contributed by atoms with van der Waals surface area (Å²) in [5.74, 6) is 0.237. The highest BCUT2D eigenvalue weighted by Gasteiger charge is 2.01. The van der Waals surface area contributed by atoms with Gasteiger partial charge in [-0.05, 0) is 29.1 Å². The van der Waals surface area contributed by atoms with Gasteiger partial charge in [0.25, 0.3) is 0 Å². The number of nitrogens with two attached hydrogens (primary N) is 1. The van der Waals surface area contributed by atoms with E-state index in [9.17, 15) is 4.39 Å². The molecule has 0 radical (unpaired) electrons. The molecule has 0 aliphatic carbocycles. The number of halogens is 1. The van der Waals surface area contributed by atoms with Crippen molar-refractivity contribution in [2.24, 2.45) is 5.73 Å². The molecule has 0 unspecified atom stereocenters. The maximum Gasteiger partial charge on any atom is 0.127 e. The standard InChI is InChI=1S/C13H14FNOS/c14-11-6-10(9-15)7-12(8-11)16-4-3-13-2-1-5-17-13/h1-2,5-8H,3-4,9,15H2. The predicted octanol–water partition coefficient (Wildman–Crippen LogP) is 2.97. The Kier molecular flexibility index (Phi) is 4.12. The molecule has 90 valence electrons. The Bertz CT molecular complexity index is 470. The van der Waals surface area contributed by atoms with Crippen LogP contribution in [0.25, 0.3) is 0 Å². The van der Waals surface area contributed by atoms with Crippen LogP contribution in [0.2, 0.25) is 0 Å². The first-order valence-electron chi connectivity index (χ1n) is 5.42. The number of hydrogen-bond acceptors (Lipinski definition) is 3. The molecule has 0 amide bonds. The topological polar surface area (TPSA) is 35.2 Å². The van der Waals surface area contributed by atoms with Crippen LogP contribution in [0.4, 0.5) is 4.39 Å². The van der Waals surface area contributed by atoms with E-state index in [0.717, 1.165) is 12.0 Å². The fourth-order valence-electron chi connectivity index (χ4n) is 1.55. The molecule has 2 nitrogen and oxygen atoms in total. The zero-order chi connectivity index (χ0) is 12.1. The maximum atomic E-state index is 13.2. The molecule has 0 aliphatic rings. The summed E-state index contributed by atoms with van der Waals surface area (Å²) in [6.45, 7) is 0.868. The number of ether oxygens (including phenoxy) is 1. The van der Waals surface area contributed by atoms with E-state index in [1.165, 1.54) is 17.0 Å². The fraction of sp³-hybridized carbons (Fsp3) is 0.231. The summed E-state index contributed by atoms with van der Waals surface area (Å²) in [5.41, 5.74) is 6.22. The van der Waals surface area contributed by atoms with Crippen LogP contribution in [0.3, 0.4) is 0 Å². The summed E-state index contributed by atoms with van der Waals surface area (Å²) in [6.07, 6.45) is 0.839. The average molecular weight is 251 g/mol. The Morgan fingerprint density at radius 1 is 1.29 bits per heavy atom. The molecule has 0 atom stereocenters. The second-order valence-electron chi connectivity index (χ2n) is 3.68. The van der Waals surface area contributed by atoms with Gasteiger partial charge in [0, 0.05) is 23.9 Å². The molecule has 1 aromatic heterocycles. The van der Waals surface area contributed by atoms with Crippen LogP contribution in [-0.2, 0) is 13.0 Å². The summed E-state index contributed by atoms with van der Waals surface area (Å²) in [5, 5.41) is 2.03. The van der Waals surface area contributed by atoms with Gasteiger partial charge in [0.15, 0.2) is 0 Å². The number of thiophene rings is 1. The molecule has 4 heteroatoms. The summed E-state index contributed by atoms with van der Waals surface area (Å²) < 4.78 is 18.7. The van der Waals surface area contributed by atoms with Crippen LogP contribution >= 0.6 is 11.3 Å². The SMILES string of the molecule is NCc1cc(F)cc(OCCc2cccs2)c1. The van der Waals surface area contributed by atoms with E-state index >= 15 is 0 Å². The zero-order valence-corrected chi connectivity index (χ0v) is 10.2. The second kappa shape index (κ2) is 5.80. The van der Waals surface area contributed by atoms with E-state index in [1.807, 2.05) is 11.4 Å². The monoisotopic (exact) mass is 251 g/mol. The first-order valence-corrected chi connectivity index (χ1v) is 6.30. The van der Waals surface area contributed by atoms with E-state index < -0.39 is 0 Å². The van der Waals surface area contributed by atoms with Gasteiger partial charge < -0.3 is 10.5 Å². The molecule has 0 aliphatic heterocycles. The van der Waals surface area contributed by atoms with E-state index in [2.05, 4.69) is 6.07 Å². The van der Waals surface area contributed by atoms with Crippen molar-refractivity contribution in [3.8, 4) is 5.75 Å². The normalized spacial score (nSPS) is 10.5. The highest BCUT2D eigenvalue weighted by molar-refractivity contribution is 7.09. The van der Waals surface area contributed by atoms with Gasteiger partial charge in [-0.2, -0.15) is 0 Å². The Balaban J connectivity index is 1.92. The van der Waals surface area contributed by atoms with Crippen LogP contribution in [0, 0.1) is 5.82 Å². The number of hydrogen-bond donors (Lipinski definition) is 1. The van der Waals surface area contributed by atoms with Crippen LogP contribution in [0.1, 0.15) is 10.4 Å². The maximum absolute atomic E-state index is 13.2. The lowest BCUT2D eigenvalue weighted by Gasteiger charge is -2.07. The van der Waals surface area contributed by atoms with Gasteiger partial charge in [0.05, 0.1) is 6.61 Å². The molecule has 17 heavy (non-hydrogen) atoms. The van der Waals surface area contributed by atoms with Crippen LogP contribution in [0.15, 0.2) is 35.7 Å². The second-order valence-corrected chi connectivity index (χ2v) is 4.71. The van der Waals surface area contributed by atoms with E-state index in [4.69, 9.17) is 10.5 Å². The molecular weight excluding hydrogens is 237 g/mol. The third-order valence-corrected chi connectivity index (χ3v) is 3.30. The van der Waals surface area contributed by atoms with Crippen molar-refractivity contribution in [1.29, 1.82) is 0 Å². The smallest absolute Gasteiger partial charge is 0.127 e. The van der Waals surface area contributed by atoms with E-state index in [1.54, 1.807) is 17.4 Å². The van der Waals surface area contributed by atoms with Crippen molar-refractivity contribution in [3.05, 3.63) is 52.0 Å². The quantitative estimate of drug-likeness (QED) is 0.886. The Hall–Kier alpha value is -1.39. The van der Waals surface area contributed by atoms with Crippen LogP contribution in [0.5, 0.6) is 5.75 Å². The largest absolute Gasteiger partial charge is 0.493 e. The number of rotatable bonds is 5. The average Bonchev–Trinajstić information content (AvgIpc) is 2.81. The minimum atomic E-state index is -0.306. The minimum absolute atomic E-state index is 0.306. The van der Waals surface area contributed by atoms with Gasteiger partial charge >= 0.3 is 0 Å². The van der Waals surface area contributed by atoms with Crippen molar-refractivity contribution in [2.75, 3.05) is 6.61 Å². The molecule has 0 bridgehead atoms. The lowest BCUT2D eigenvalue weighted by atomic mass is 10.2. The molecule has 0 spiro atoms. The molecule has 2 N–H and O–H groups in total. The minimum Gasteiger partial charge on any atom is -0.493 e. The lowest BCUT2D eigenvalue weighted by Crippen LogP contribution is -2.02. The van der Waals surface area contributed by atoms with Gasteiger partial charge in [0.2, 0.25) is 0 Å². The third-order valence-electron chi connectivity index (χ3n) is 2.36. The summed E-state index contributed by atoms with van der Waals surface area (Å²) in [4.78, 5) is 1.26. The van der Waals surface area contributed by atoms with Gasteiger partial charge in [0.1, 0.15) is 11.6 Å². The number of benzene rings is 1. The molecule has 2 aromatic rings. The van der Waals surface area contributed by atoms with E-state index in [0.29, 0.717) is 18.9 Å². The molecule has 0 saturated heterocycles. The Morgan fingerprint density at radius 3 is 2.88 bits per heavy atom. The van der Waals surface area contributed by atoms with Crippen LogP contribution in [-0.4, -0.2) is 6.61 Å². The molecule has 2 rings (SSSR count). The molecule has 0 saturated carbocycles. The van der Waals surface area contributed by atoms with Crippen molar-refractivity contribution < 1.29 is 9.13 Å². The Morgan fingerprint density at radius 2 is 2.18 bits per heavy atom. The van der Waals surface area contributed by atoms with Crippen molar-refractivity contribution in [2.45, 2.75) is 13.0 Å². The molecular formula is C13H14FNOS. The lowest BCUT2D eigenvalue weighted by molar-refractivity contribution is 0.321. The van der Waals surface area contributed by atoms with Gasteiger partial charge in [-0.15, -0.1) is 11.3 Å². The highest BCUT2D eigenvalue weighted by atomic mass is 32.1. The first-order chi connectivity index (χ1) is 8.28. The zero-order valence-electron chi connectivity index (χ0n) is 9.36. The van der Waals surface area contributed by atoms with Crippen molar-refractivity contribution in [3.63, 3.8) is 0 Å². The first kappa shape index (κ1) is 12.1. The summed E-state index contributed by atoms with van der Waals surface area (Å²) in [7, 11) is 0. The molecule has 1 heterocycles. The summed E-state index contributed by atoms with van der Waals surface area (Å²) >= 11 is 1.69. The summed E-state index contributed by atoms with van der Waals surface area (Å²) in [6, 6.07) is 8.65. The van der Waals surface area contributed by atoms with Gasteiger partial charge in [-0.25, -0.2) is 4.39 Å². The highest BCUT2D eigenvalue weighted by Crippen LogP contribution is 2.17. The Labute approximate surface area is 104 Å². The predicted molar refractivity (Wildman–Crippen MR) is 67.8 cm³/mol. The van der Waals surface area contributed by atoms with Crippen molar-refractivity contribution in [1.82, 2.24) is 0 Å². The van der Waals surface area contributed by atoms with Gasteiger partial charge in [-0.1, -0.05) is 6.07 Å². The fourth-order valence-corrected chi connectivity index (χ4v) is 2.24.